The minimum absolute atomic E-state index is 0.133. The van der Waals surface area contributed by atoms with Crippen LogP contribution in [0.5, 0.6) is 0 Å². The second kappa shape index (κ2) is 7.06. The number of aliphatic imine (C=N–C) groups is 1. The first-order valence-electron chi connectivity index (χ1n) is 7.05. The highest BCUT2D eigenvalue weighted by Gasteiger charge is 2.36. The van der Waals surface area contributed by atoms with Crippen LogP contribution in [0.1, 0.15) is 30.1 Å². The summed E-state index contributed by atoms with van der Waals surface area (Å²) in [6.45, 7) is 1.28. The fraction of sp³-hybridized carbons (Fsp3) is 0.400. The quantitative estimate of drug-likeness (QED) is 0.151. The number of hydrogen-bond acceptors (Lipinski definition) is 4. The molecular formula is C15H12F5NO3. The summed E-state index contributed by atoms with van der Waals surface area (Å²) in [4.78, 5) is 27.9. The van der Waals surface area contributed by atoms with Gasteiger partial charge in [0, 0.05) is 12.3 Å². The van der Waals surface area contributed by atoms with Gasteiger partial charge in [0.2, 0.25) is 5.82 Å². The highest BCUT2D eigenvalue weighted by molar-refractivity contribution is 6.18. The number of halogens is 5. The largest absolute Gasteiger partial charge is 0.465 e. The minimum atomic E-state index is -2.39. The van der Waals surface area contributed by atoms with E-state index < -0.39 is 52.3 Å². The molecule has 1 aliphatic rings. The summed E-state index contributed by atoms with van der Waals surface area (Å²) >= 11 is 0. The first-order chi connectivity index (χ1) is 11.3. The van der Waals surface area contributed by atoms with Gasteiger partial charge < -0.3 is 4.74 Å². The number of esters is 1. The van der Waals surface area contributed by atoms with Crippen molar-refractivity contribution in [1.82, 2.24) is 0 Å². The maximum Gasteiger partial charge on any atom is 0.322 e. The Labute approximate surface area is 133 Å². The number of rotatable bonds is 6. The molecule has 9 heteroatoms. The molecule has 1 saturated carbocycles. The van der Waals surface area contributed by atoms with Gasteiger partial charge in [0.1, 0.15) is 0 Å². The molecular weight excluding hydrogens is 337 g/mol. The molecule has 0 spiro atoms. The van der Waals surface area contributed by atoms with Gasteiger partial charge in [-0.1, -0.05) is 0 Å². The minimum Gasteiger partial charge on any atom is -0.465 e. The standard InChI is InChI=1S/C15H12F5NO3/c1-2-24-15(23)7(5-21-6-3-4-6)14(22)8-9(16)11(18)13(20)12(19)10(8)17/h5-7H,2-4H2,1H3. The van der Waals surface area contributed by atoms with Crippen molar-refractivity contribution < 1.29 is 36.3 Å². The van der Waals surface area contributed by atoms with E-state index in [2.05, 4.69) is 9.73 Å². The number of ketones is 1. The SMILES string of the molecule is CCOC(=O)C(C=NC1CC1)C(=O)c1c(F)c(F)c(F)c(F)c1F. The highest BCUT2D eigenvalue weighted by atomic mass is 19.2. The van der Waals surface area contributed by atoms with E-state index in [1.165, 1.54) is 6.92 Å². The lowest BCUT2D eigenvalue weighted by Crippen LogP contribution is -2.30. The molecule has 1 aromatic carbocycles. The predicted octanol–water partition coefficient (Wildman–Crippen LogP) is 2.98. The van der Waals surface area contributed by atoms with Gasteiger partial charge in [0.15, 0.2) is 35.0 Å². The Balaban J connectivity index is 2.47. The lowest BCUT2D eigenvalue weighted by Gasteiger charge is -2.12. The molecule has 0 aromatic heterocycles. The summed E-state index contributed by atoms with van der Waals surface area (Å²) in [5.41, 5.74) is -1.69. The molecule has 130 valence electrons. The van der Waals surface area contributed by atoms with Crippen molar-refractivity contribution >= 4 is 18.0 Å². The molecule has 0 amide bonds. The number of benzene rings is 1. The summed E-state index contributed by atoms with van der Waals surface area (Å²) in [5.74, 6) is -16.2. The zero-order valence-electron chi connectivity index (χ0n) is 12.4. The van der Waals surface area contributed by atoms with Crippen molar-refractivity contribution in [2.75, 3.05) is 6.61 Å². The van der Waals surface area contributed by atoms with Crippen molar-refractivity contribution in [3.63, 3.8) is 0 Å². The van der Waals surface area contributed by atoms with Crippen LogP contribution < -0.4 is 0 Å². The second-order valence-electron chi connectivity index (χ2n) is 5.07. The second-order valence-corrected chi connectivity index (χ2v) is 5.07. The smallest absolute Gasteiger partial charge is 0.322 e. The predicted molar refractivity (Wildman–Crippen MR) is 72.2 cm³/mol. The molecule has 0 N–H and O–H groups in total. The Hall–Kier alpha value is -2.32. The van der Waals surface area contributed by atoms with Crippen LogP contribution in [0.3, 0.4) is 0 Å². The molecule has 0 radical (unpaired) electrons. The Morgan fingerprint density at radius 2 is 1.58 bits per heavy atom. The topological polar surface area (TPSA) is 55.7 Å². The number of hydrogen-bond donors (Lipinski definition) is 0. The number of carbonyl (C=O) groups is 2. The molecule has 0 bridgehead atoms. The van der Waals surface area contributed by atoms with Gasteiger partial charge in [-0.3, -0.25) is 14.6 Å². The molecule has 1 aromatic rings. The molecule has 0 heterocycles. The summed E-state index contributed by atoms with van der Waals surface area (Å²) in [7, 11) is 0. The van der Waals surface area contributed by atoms with E-state index >= 15 is 0 Å². The van der Waals surface area contributed by atoms with Crippen molar-refractivity contribution in [3.8, 4) is 0 Å². The van der Waals surface area contributed by atoms with E-state index in [-0.39, 0.29) is 12.6 Å². The van der Waals surface area contributed by atoms with E-state index in [9.17, 15) is 31.5 Å². The monoisotopic (exact) mass is 349 g/mol. The lowest BCUT2D eigenvalue weighted by molar-refractivity contribution is -0.143. The van der Waals surface area contributed by atoms with Crippen LogP contribution in [0.25, 0.3) is 0 Å². The van der Waals surface area contributed by atoms with Crippen molar-refractivity contribution in [1.29, 1.82) is 0 Å². The van der Waals surface area contributed by atoms with Crippen LogP contribution in [0.15, 0.2) is 4.99 Å². The van der Waals surface area contributed by atoms with Gasteiger partial charge in [-0.2, -0.15) is 0 Å². The van der Waals surface area contributed by atoms with E-state index in [1.54, 1.807) is 0 Å². The average Bonchev–Trinajstić information content (AvgIpc) is 3.36. The first-order valence-corrected chi connectivity index (χ1v) is 7.05. The molecule has 2 rings (SSSR count). The van der Waals surface area contributed by atoms with E-state index in [0.29, 0.717) is 12.8 Å². The van der Waals surface area contributed by atoms with E-state index in [0.717, 1.165) is 6.21 Å². The fourth-order valence-electron chi connectivity index (χ4n) is 1.88. The summed E-state index contributed by atoms with van der Waals surface area (Å²) in [6, 6.07) is -0.133. The molecule has 1 fully saturated rings. The van der Waals surface area contributed by atoms with E-state index in [1.807, 2.05) is 0 Å². The Kier molecular flexibility index (Phi) is 5.30. The molecule has 24 heavy (non-hydrogen) atoms. The van der Waals surface area contributed by atoms with Gasteiger partial charge in [0.05, 0.1) is 12.2 Å². The van der Waals surface area contributed by atoms with Gasteiger partial charge >= 0.3 is 5.97 Å². The van der Waals surface area contributed by atoms with Crippen LogP contribution in [0.2, 0.25) is 0 Å². The fourth-order valence-corrected chi connectivity index (χ4v) is 1.88. The van der Waals surface area contributed by atoms with Gasteiger partial charge in [0.25, 0.3) is 0 Å². The Morgan fingerprint density at radius 1 is 1.08 bits per heavy atom. The molecule has 1 atom stereocenters. The third kappa shape index (κ3) is 3.44. The molecule has 1 unspecified atom stereocenters. The van der Waals surface area contributed by atoms with Crippen LogP contribution in [-0.4, -0.2) is 30.6 Å². The maximum atomic E-state index is 13.7. The highest BCUT2D eigenvalue weighted by Crippen LogP contribution is 2.27. The van der Waals surface area contributed by atoms with Crippen LogP contribution in [0, 0.1) is 35.0 Å². The normalized spacial score (nSPS) is 15.6. The summed E-state index contributed by atoms with van der Waals surface area (Å²) in [5, 5.41) is 0. The zero-order chi connectivity index (χ0) is 18.0. The van der Waals surface area contributed by atoms with Gasteiger partial charge in [-0.15, -0.1) is 0 Å². The van der Waals surface area contributed by atoms with E-state index in [4.69, 9.17) is 0 Å². The van der Waals surface area contributed by atoms with Crippen LogP contribution >= 0.6 is 0 Å². The molecule has 1 aliphatic carbocycles. The third-order valence-electron chi connectivity index (χ3n) is 3.27. The lowest BCUT2D eigenvalue weighted by atomic mass is 9.97. The van der Waals surface area contributed by atoms with Gasteiger partial charge in [-0.25, -0.2) is 22.0 Å². The summed E-state index contributed by atoms with van der Waals surface area (Å²) < 4.78 is 71.6. The maximum absolute atomic E-state index is 13.7. The number of ether oxygens (including phenoxy) is 1. The van der Waals surface area contributed by atoms with Gasteiger partial charge in [-0.05, 0) is 19.8 Å². The number of nitrogens with zero attached hydrogens (tertiary/aromatic N) is 1. The Bertz CT molecular complexity index is 687. The van der Waals surface area contributed by atoms with Crippen molar-refractivity contribution in [2.45, 2.75) is 25.8 Å². The zero-order valence-corrected chi connectivity index (χ0v) is 12.4. The van der Waals surface area contributed by atoms with Crippen LogP contribution in [0.4, 0.5) is 22.0 Å². The molecule has 0 aliphatic heterocycles. The Morgan fingerprint density at radius 3 is 2.04 bits per heavy atom. The number of carbonyl (C=O) groups excluding carboxylic acids is 2. The summed E-state index contributed by atoms with van der Waals surface area (Å²) in [6.07, 6.45) is 2.25. The molecule has 4 nitrogen and oxygen atoms in total. The molecule has 0 saturated heterocycles. The average molecular weight is 349 g/mol. The van der Waals surface area contributed by atoms with Crippen LogP contribution in [-0.2, 0) is 9.53 Å². The third-order valence-corrected chi connectivity index (χ3v) is 3.27. The number of Topliss-reactive ketones (excluding diaryl/α,β-unsaturated/α-hetero) is 1. The van der Waals surface area contributed by atoms with Crippen molar-refractivity contribution in [3.05, 3.63) is 34.6 Å². The first kappa shape index (κ1) is 18.0. The van der Waals surface area contributed by atoms with Crippen molar-refractivity contribution in [2.24, 2.45) is 10.9 Å².